The first-order valence-corrected chi connectivity index (χ1v) is 9.16. The van der Waals surface area contributed by atoms with Gasteiger partial charge in [0.2, 0.25) is 0 Å². The SMILES string of the molecule is CCC(NC(=O)N1CCSCC1C(=O)O)C1CCCCC1. The number of carbonyl (C=O) groups is 2. The molecule has 2 atom stereocenters. The minimum atomic E-state index is -0.900. The van der Waals surface area contributed by atoms with Gasteiger partial charge in [0, 0.05) is 24.1 Å². The third kappa shape index (κ3) is 4.28. The van der Waals surface area contributed by atoms with Crippen molar-refractivity contribution in [3.63, 3.8) is 0 Å². The molecule has 1 aliphatic carbocycles. The first-order valence-electron chi connectivity index (χ1n) is 8.01. The van der Waals surface area contributed by atoms with E-state index in [1.54, 1.807) is 11.8 Å². The number of carboxylic acid groups (broad SMARTS) is 1. The molecular weight excluding hydrogens is 288 g/mol. The molecule has 1 saturated carbocycles. The Hall–Kier alpha value is -0.910. The van der Waals surface area contributed by atoms with Crippen LogP contribution in [0.2, 0.25) is 0 Å². The molecule has 120 valence electrons. The maximum absolute atomic E-state index is 12.5. The van der Waals surface area contributed by atoms with Crippen molar-refractivity contribution < 1.29 is 14.7 Å². The summed E-state index contributed by atoms with van der Waals surface area (Å²) >= 11 is 1.60. The van der Waals surface area contributed by atoms with Gasteiger partial charge in [0.15, 0.2) is 0 Å². The summed E-state index contributed by atoms with van der Waals surface area (Å²) in [5, 5.41) is 12.4. The number of hydrogen-bond acceptors (Lipinski definition) is 3. The smallest absolute Gasteiger partial charge is 0.327 e. The van der Waals surface area contributed by atoms with Gasteiger partial charge in [-0.05, 0) is 25.2 Å². The van der Waals surface area contributed by atoms with Crippen molar-refractivity contribution in [1.29, 1.82) is 0 Å². The number of hydrogen-bond donors (Lipinski definition) is 2. The van der Waals surface area contributed by atoms with E-state index in [-0.39, 0.29) is 12.1 Å². The van der Waals surface area contributed by atoms with Crippen LogP contribution in [0.3, 0.4) is 0 Å². The fourth-order valence-corrected chi connectivity index (χ4v) is 4.42. The molecule has 2 N–H and O–H groups in total. The van der Waals surface area contributed by atoms with Gasteiger partial charge in [-0.1, -0.05) is 26.2 Å². The van der Waals surface area contributed by atoms with Gasteiger partial charge in [-0.2, -0.15) is 11.8 Å². The average Bonchev–Trinajstić information content (AvgIpc) is 2.53. The highest BCUT2D eigenvalue weighted by molar-refractivity contribution is 7.99. The van der Waals surface area contributed by atoms with Crippen LogP contribution in [-0.4, -0.2) is 52.1 Å². The Morgan fingerprint density at radius 1 is 1.33 bits per heavy atom. The normalized spacial score (nSPS) is 25.4. The molecule has 1 aliphatic heterocycles. The summed E-state index contributed by atoms with van der Waals surface area (Å²) in [6.07, 6.45) is 7.06. The topological polar surface area (TPSA) is 69.6 Å². The molecule has 5 nitrogen and oxygen atoms in total. The first kappa shape index (κ1) is 16.5. The summed E-state index contributed by atoms with van der Waals surface area (Å²) in [5.41, 5.74) is 0. The highest BCUT2D eigenvalue weighted by Gasteiger charge is 2.34. The van der Waals surface area contributed by atoms with Crippen molar-refractivity contribution in [1.82, 2.24) is 10.2 Å². The van der Waals surface area contributed by atoms with E-state index in [1.807, 2.05) is 0 Å². The first-order chi connectivity index (χ1) is 10.1. The summed E-state index contributed by atoms with van der Waals surface area (Å²) in [7, 11) is 0. The zero-order chi connectivity index (χ0) is 15.2. The minimum absolute atomic E-state index is 0.182. The zero-order valence-electron chi connectivity index (χ0n) is 12.7. The number of carbonyl (C=O) groups excluding carboxylic acids is 1. The molecule has 21 heavy (non-hydrogen) atoms. The lowest BCUT2D eigenvalue weighted by Gasteiger charge is -2.36. The van der Waals surface area contributed by atoms with Gasteiger partial charge in [0.05, 0.1) is 0 Å². The predicted octanol–water partition coefficient (Wildman–Crippen LogP) is 2.56. The van der Waals surface area contributed by atoms with Gasteiger partial charge in [-0.15, -0.1) is 0 Å². The number of rotatable bonds is 4. The Bertz CT molecular complexity index is 372. The van der Waals surface area contributed by atoms with Gasteiger partial charge in [0.1, 0.15) is 6.04 Å². The molecule has 6 heteroatoms. The number of aliphatic carboxylic acids is 1. The van der Waals surface area contributed by atoms with Crippen LogP contribution in [0.5, 0.6) is 0 Å². The Morgan fingerprint density at radius 2 is 2.05 bits per heavy atom. The van der Waals surface area contributed by atoms with Gasteiger partial charge >= 0.3 is 12.0 Å². The molecule has 0 aromatic rings. The number of nitrogens with one attached hydrogen (secondary N) is 1. The summed E-state index contributed by atoms with van der Waals surface area (Å²) < 4.78 is 0. The molecule has 1 heterocycles. The van der Waals surface area contributed by atoms with Crippen LogP contribution in [0.1, 0.15) is 45.4 Å². The molecule has 0 radical (unpaired) electrons. The molecular formula is C15H26N2O3S. The second kappa shape index (κ2) is 7.92. The summed E-state index contributed by atoms with van der Waals surface area (Å²) in [6, 6.07) is -0.699. The maximum atomic E-state index is 12.5. The van der Waals surface area contributed by atoms with E-state index in [4.69, 9.17) is 0 Å². The van der Waals surface area contributed by atoms with Crippen molar-refractivity contribution in [3.05, 3.63) is 0 Å². The van der Waals surface area contributed by atoms with E-state index >= 15 is 0 Å². The molecule has 2 fully saturated rings. The third-order valence-corrected chi connectivity index (χ3v) is 5.66. The second-order valence-corrected chi connectivity index (χ2v) is 7.13. The van der Waals surface area contributed by atoms with Crippen LogP contribution >= 0.6 is 11.8 Å². The molecule has 0 aromatic carbocycles. The Balaban J connectivity index is 1.95. The van der Waals surface area contributed by atoms with Crippen LogP contribution in [0, 0.1) is 5.92 Å². The van der Waals surface area contributed by atoms with Crippen molar-refractivity contribution >= 4 is 23.8 Å². The number of amides is 2. The van der Waals surface area contributed by atoms with Gasteiger partial charge < -0.3 is 15.3 Å². The van der Waals surface area contributed by atoms with E-state index in [9.17, 15) is 14.7 Å². The molecule has 2 unspecified atom stereocenters. The summed E-state index contributed by atoms with van der Waals surface area (Å²) in [6.45, 7) is 2.62. The maximum Gasteiger partial charge on any atom is 0.327 e. The third-order valence-electron chi connectivity index (χ3n) is 4.64. The Morgan fingerprint density at radius 3 is 2.67 bits per heavy atom. The second-order valence-electron chi connectivity index (χ2n) is 5.98. The molecule has 2 aliphatic rings. The molecule has 0 spiro atoms. The molecule has 2 rings (SSSR count). The largest absolute Gasteiger partial charge is 0.480 e. The monoisotopic (exact) mass is 314 g/mol. The van der Waals surface area contributed by atoms with Crippen LogP contribution in [0.25, 0.3) is 0 Å². The van der Waals surface area contributed by atoms with Gasteiger partial charge in [0.25, 0.3) is 0 Å². The van der Waals surface area contributed by atoms with Crippen molar-refractivity contribution in [2.24, 2.45) is 5.92 Å². The van der Waals surface area contributed by atoms with Crippen molar-refractivity contribution in [3.8, 4) is 0 Å². The summed E-state index contributed by atoms with van der Waals surface area (Å²) in [5.74, 6) is 0.957. The van der Waals surface area contributed by atoms with E-state index < -0.39 is 12.0 Å². The van der Waals surface area contributed by atoms with E-state index in [0.717, 1.165) is 12.2 Å². The van der Waals surface area contributed by atoms with Crippen molar-refractivity contribution in [2.75, 3.05) is 18.1 Å². The molecule has 1 saturated heterocycles. The van der Waals surface area contributed by atoms with Crippen LogP contribution < -0.4 is 5.32 Å². The fourth-order valence-electron chi connectivity index (χ4n) is 3.38. The van der Waals surface area contributed by atoms with Crippen LogP contribution in [0.4, 0.5) is 4.79 Å². The fraction of sp³-hybridized carbons (Fsp3) is 0.867. The quantitative estimate of drug-likeness (QED) is 0.837. The summed E-state index contributed by atoms with van der Waals surface area (Å²) in [4.78, 5) is 25.3. The van der Waals surface area contributed by atoms with E-state index in [0.29, 0.717) is 18.2 Å². The standard InChI is InChI=1S/C15H26N2O3S/c1-2-12(11-6-4-3-5-7-11)16-15(20)17-8-9-21-10-13(17)14(18)19/h11-13H,2-10H2,1H3,(H,16,20)(H,18,19). The number of nitrogens with zero attached hydrogens (tertiary/aromatic N) is 1. The van der Waals surface area contributed by atoms with E-state index in [1.165, 1.54) is 37.0 Å². The predicted molar refractivity (Wildman–Crippen MR) is 84.6 cm³/mol. The number of carboxylic acids is 1. The minimum Gasteiger partial charge on any atom is -0.480 e. The average molecular weight is 314 g/mol. The molecule has 0 aromatic heterocycles. The Labute approximate surface area is 130 Å². The Kier molecular flexibility index (Phi) is 6.21. The highest BCUT2D eigenvalue weighted by Crippen LogP contribution is 2.28. The van der Waals surface area contributed by atoms with Gasteiger partial charge in [-0.25, -0.2) is 9.59 Å². The van der Waals surface area contributed by atoms with Crippen molar-refractivity contribution in [2.45, 2.75) is 57.5 Å². The lowest BCUT2D eigenvalue weighted by Crippen LogP contribution is -2.56. The molecule has 0 bridgehead atoms. The lowest BCUT2D eigenvalue weighted by atomic mass is 9.83. The van der Waals surface area contributed by atoms with Crippen LogP contribution in [-0.2, 0) is 4.79 Å². The van der Waals surface area contributed by atoms with Gasteiger partial charge in [-0.3, -0.25) is 0 Å². The lowest BCUT2D eigenvalue weighted by molar-refractivity contribution is -0.141. The van der Waals surface area contributed by atoms with E-state index in [2.05, 4.69) is 12.2 Å². The van der Waals surface area contributed by atoms with Crippen LogP contribution in [0.15, 0.2) is 0 Å². The zero-order valence-corrected chi connectivity index (χ0v) is 13.5. The number of urea groups is 1. The number of thioether (sulfide) groups is 1. The highest BCUT2D eigenvalue weighted by atomic mass is 32.2. The molecule has 2 amide bonds.